The van der Waals surface area contributed by atoms with Crippen LogP contribution in [0.2, 0.25) is 10.0 Å². The number of nitrogens with zero attached hydrogens (tertiary/aromatic N) is 2. The smallest absolute Gasteiger partial charge is 0.254 e. The zero-order valence-electron chi connectivity index (χ0n) is 21.3. The van der Waals surface area contributed by atoms with Crippen molar-refractivity contribution < 1.29 is 9.59 Å². The van der Waals surface area contributed by atoms with Gasteiger partial charge in [0.25, 0.3) is 5.91 Å². The standard InChI is InChI=1S/C30H31Cl2N3O2/c1-20(2)35(30(37)24-14-25(31)16-26(32)15-24)19-29(36)34(18-22-10-8-21(3)9-11-22)13-12-23-17-33-28-7-5-4-6-27(23)28/h4-11,14-17,20,33H,12-13,18-19H2,1-3H3. The summed E-state index contributed by atoms with van der Waals surface area (Å²) in [5, 5.41) is 1.92. The first-order chi connectivity index (χ1) is 17.7. The van der Waals surface area contributed by atoms with Gasteiger partial charge in [0, 0.05) is 51.8 Å². The van der Waals surface area contributed by atoms with E-state index in [4.69, 9.17) is 23.2 Å². The number of amides is 2. The number of aryl methyl sites for hydroxylation is 1. The first-order valence-corrected chi connectivity index (χ1v) is 13.1. The molecule has 1 heterocycles. The Morgan fingerprint density at radius 3 is 2.30 bits per heavy atom. The molecule has 3 aromatic carbocycles. The van der Waals surface area contributed by atoms with Gasteiger partial charge in [-0.05, 0) is 62.6 Å². The molecule has 0 atom stereocenters. The van der Waals surface area contributed by atoms with Crippen LogP contribution in [0.1, 0.15) is 40.9 Å². The number of carbonyl (C=O) groups is 2. The average Bonchev–Trinajstić information content (AvgIpc) is 3.28. The molecule has 2 amide bonds. The van der Waals surface area contributed by atoms with E-state index in [0.717, 1.165) is 27.6 Å². The molecule has 37 heavy (non-hydrogen) atoms. The molecule has 0 radical (unpaired) electrons. The van der Waals surface area contributed by atoms with Gasteiger partial charge in [0.15, 0.2) is 0 Å². The Labute approximate surface area is 228 Å². The van der Waals surface area contributed by atoms with Gasteiger partial charge in [-0.15, -0.1) is 0 Å². The summed E-state index contributed by atoms with van der Waals surface area (Å²) < 4.78 is 0. The molecular formula is C30H31Cl2N3O2. The van der Waals surface area contributed by atoms with Crippen molar-refractivity contribution in [2.75, 3.05) is 13.1 Å². The minimum atomic E-state index is -0.278. The number of hydrogen-bond acceptors (Lipinski definition) is 2. The lowest BCUT2D eigenvalue weighted by molar-refractivity contribution is -0.132. The van der Waals surface area contributed by atoms with E-state index in [0.29, 0.717) is 35.1 Å². The van der Waals surface area contributed by atoms with Gasteiger partial charge in [-0.25, -0.2) is 0 Å². The molecule has 0 aliphatic carbocycles. The molecule has 1 aromatic heterocycles. The number of halogens is 2. The van der Waals surface area contributed by atoms with Crippen LogP contribution in [0.15, 0.2) is 72.9 Å². The molecule has 7 heteroatoms. The van der Waals surface area contributed by atoms with E-state index in [2.05, 4.69) is 11.1 Å². The van der Waals surface area contributed by atoms with Gasteiger partial charge in [0.05, 0.1) is 0 Å². The van der Waals surface area contributed by atoms with E-state index in [-0.39, 0.29) is 24.4 Å². The van der Waals surface area contributed by atoms with Crippen LogP contribution < -0.4 is 0 Å². The molecule has 192 valence electrons. The third-order valence-electron chi connectivity index (χ3n) is 6.47. The average molecular weight is 537 g/mol. The van der Waals surface area contributed by atoms with Crippen LogP contribution in [-0.2, 0) is 17.8 Å². The molecule has 5 nitrogen and oxygen atoms in total. The van der Waals surface area contributed by atoms with Gasteiger partial charge < -0.3 is 14.8 Å². The second-order valence-corrected chi connectivity index (χ2v) is 10.5. The lowest BCUT2D eigenvalue weighted by atomic mass is 10.1. The van der Waals surface area contributed by atoms with Crippen LogP contribution in [0.5, 0.6) is 0 Å². The van der Waals surface area contributed by atoms with Crippen molar-refractivity contribution >= 4 is 45.9 Å². The van der Waals surface area contributed by atoms with E-state index in [1.807, 2.05) is 74.3 Å². The number of aromatic nitrogens is 1. The number of hydrogen-bond donors (Lipinski definition) is 1. The highest BCUT2D eigenvalue weighted by Gasteiger charge is 2.25. The topological polar surface area (TPSA) is 56.4 Å². The van der Waals surface area contributed by atoms with Gasteiger partial charge in [0.2, 0.25) is 5.91 Å². The van der Waals surface area contributed by atoms with Crippen molar-refractivity contribution in [2.24, 2.45) is 0 Å². The van der Waals surface area contributed by atoms with Crippen LogP contribution in [0.4, 0.5) is 0 Å². The Kier molecular flexibility index (Phi) is 8.57. The van der Waals surface area contributed by atoms with Crippen molar-refractivity contribution in [3.8, 4) is 0 Å². The SMILES string of the molecule is Cc1ccc(CN(CCc2c[nH]c3ccccc23)C(=O)CN(C(=O)c2cc(Cl)cc(Cl)c2)C(C)C)cc1. The second-order valence-electron chi connectivity index (χ2n) is 9.60. The number of para-hydroxylation sites is 1. The van der Waals surface area contributed by atoms with Crippen molar-refractivity contribution in [3.63, 3.8) is 0 Å². The number of benzene rings is 3. The lowest BCUT2D eigenvalue weighted by Gasteiger charge is -2.30. The van der Waals surface area contributed by atoms with Crippen LogP contribution in [0, 0.1) is 6.92 Å². The fraction of sp³-hybridized carbons (Fsp3) is 0.267. The van der Waals surface area contributed by atoms with E-state index < -0.39 is 0 Å². The molecule has 0 aliphatic rings. The molecule has 4 rings (SSSR count). The molecule has 0 saturated carbocycles. The van der Waals surface area contributed by atoms with Crippen molar-refractivity contribution in [1.29, 1.82) is 0 Å². The molecule has 0 unspecified atom stereocenters. The zero-order chi connectivity index (χ0) is 26.5. The molecule has 0 fully saturated rings. The maximum absolute atomic E-state index is 13.7. The summed E-state index contributed by atoms with van der Waals surface area (Å²) in [6, 6.07) is 20.9. The summed E-state index contributed by atoms with van der Waals surface area (Å²) in [5.41, 5.74) is 4.80. The highest BCUT2D eigenvalue weighted by Crippen LogP contribution is 2.22. The van der Waals surface area contributed by atoms with Gasteiger partial charge in [0.1, 0.15) is 6.54 Å². The van der Waals surface area contributed by atoms with Gasteiger partial charge in [-0.2, -0.15) is 0 Å². The zero-order valence-corrected chi connectivity index (χ0v) is 22.8. The molecule has 1 N–H and O–H groups in total. The third kappa shape index (κ3) is 6.73. The fourth-order valence-corrected chi connectivity index (χ4v) is 4.90. The first kappa shape index (κ1) is 26.8. The predicted octanol–water partition coefficient (Wildman–Crippen LogP) is 6.91. The van der Waals surface area contributed by atoms with E-state index in [1.54, 1.807) is 23.1 Å². The Morgan fingerprint density at radius 2 is 1.62 bits per heavy atom. The number of aromatic amines is 1. The van der Waals surface area contributed by atoms with Gasteiger partial charge in [-0.1, -0.05) is 71.2 Å². The minimum Gasteiger partial charge on any atom is -0.361 e. The molecular weight excluding hydrogens is 505 g/mol. The number of nitrogens with one attached hydrogen (secondary N) is 1. The van der Waals surface area contributed by atoms with Crippen LogP contribution in [0.3, 0.4) is 0 Å². The van der Waals surface area contributed by atoms with E-state index in [1.165, 1.54) is 0 Å². The summed E-state index contributed by atoms with van der Waals surface area (Å²) >= 11 is 12.3. The Balaban J connectivity index is 1.56. The summed E-state index contributed by atoms with van der Waals surface area (Å²) in [6.45, 7) is 6.78. The monoisotopic (exact) mass is 535 g/mol. The maximum atomic E-state index is 13.7. The fourth-order valence-electron chi connectivity index (χ4n) is 4.38. The van der Waals surface area contributed by atoms with E-state index in [9.17, 15) is 9.59 Å². The largest absolute Gasteiger partial charge is 0.361 e. The number of H-pyrrole nitrogens is 1. The number of rotatable bonds is 9. The predicted molar refractivity (Wildman–Crippen MR) is 151 cm³/mol. The summed E-state index contributed by atoms with van der Waals surface area (Å²) in [6.07, 6.45) is 2.70. The Morgan fingerprint density at radius 1 is 0.946 bits per heavy atom. The summed E-state index contributed by atoms with van der Waals surface area (Å²) in [7, 11) is 0. The molecule has 0 saturated heterocycles. The van der Waals surface area contributed by atoms with Crippen molar-refractivity contribution in [2.45, 2.75) is 39.8 Å². The van der Waals surface area contributed by atoms with Crippen LogP contribution in [0.25, 0.3) is 10.9 Å². The normalized spacial score (nSPS) is 11.2. The van der Waals surface area contributed by atoms with Gasteiger partial charge >= 0.3 is 0 Å². The number of fused-ring (bicyclic) bond motifs is 1. The molecule has 4 aromatic rings. The van der Waals surface area contributed by atoms with Crippen LogP contribution >= 0.6 is 23.2 Å². The molecule has 0 aliphatic heterocycles. The highest BCUT2D eigenvalue weighted by molar-refractivity contribution is 6.35. The third-order valence-corrected chi connectivity index (χ3v) is 6.91. The maximum Gasteiger partial charge on any atom is 0.254 e. The minimum absolute atomic E-state index is 0.0413. The van der Waals surface area contributed by atoms with E-state index >= 15 is 0 Å². The second kappa shape index (κ2) is 11.8. The lowest BCUT2D eigenvalue weighted by Crippen LogP contribution is -2.46. The van der Waals surface area contributed by atoms with Gasteiger partial charge in [-0.3, -0.25) is 9.59 Å². The quantitative estimate of drug-likeness (QED) is 0.253. The number of carbonyl (C=O) groups excluding carboxylic acids is 2. The Bertz CT molecular complexity index is 1380. The highest BCUT2D eigenvalue weighted by atomic mass is 35.5. The molecule has 0 spiro atoms. The summed E-state index contributed by atoms with van der Waals surface area (Å²) in [4.78, 5) is 33.8. The molecule has 0 bridgehead atoms. The first-order valence-electron chi connectivity index (χ1n) is 12.4. The van der Waals surface area contributed by atoms with Crippen LogP contribution in [-0.4, -0.2) is 45.7 Å². The summed E-state index contributed by atoms with van der Waals surface area (Å²) in [5.74, 6) is -0.393. The van der Waals surface area contributed by atoms with Crippen molar-refractivity contribution in [1.82, 2.24) is 14.8 Å². The Hall–Kier alpha value is -3.28. The van der Waals surface area contributed by atoms with Crippen molar-refractivity contribution in [3.05, 3.63) is 105 Å².